The second-order valence-corrected chi connectivity index (χ2v) is 16.5. The molecule has 0 spiro atoms. The Morgan fingerprint density at radius 3 is 2.58 bits per heavy atom. The maximum atomic E-state index is 13.7. The van der Waals surface area contributed by atoms with Gasteiger partial charge in [-0.1, -0.05) is 38.2 Å². The number of thiazole rings is 1. The average molecular weight is 629 g/mol. The second kappa shape index (κ2) is 12.1. The van der Waals surface area contributed by atoms with Crippen molar-refractivity contribution < 1.29 is 18.3 Å². The summed E-state index contributed by atoms with van der Waals surface area (Å²) in [6.07, 6.45) is 7.26. The Bertz CT molecular complexity index is 1580. The number of carbonyl (C=O) groups excluding carboxylic acids is 1. The Labute approximate surface area is 259 Å². The number of Topliss-reactive ketones (excluding diaryl/α,β-unsaturated/α-hetero) is 1. The standard InChI is InChI=1S/C31H44N6O4S2/c1-30(2,3)23-8-9-24-22(15-23)16-25-28(33-24)42-29(34-25)26(38)17-20(11-14-37(6)19-31(39)12-13-31)21-7-10-27(32-18-21)35-43(40,41)36(4)5/h7,10,16,18,20,23,39H,8-9,11-15,17,19H2,1-6H3,(H,32,35)/t20-,23-/m0/s1. The Balaban J connectivity index is 1.34. The van der Waals surface area contributed by atoms with Crippen LogP contribution in [0.2, 0.25) is 0 Å². The number of aliphatic hydroxyl groups is 1. The summed E-state index contributed by atoms with van der Waals surface area (Å²) in [6, 6.07) is 5.59. The molecule has 43 heavy (non-hydrogen) atoms. The first-order valence-corrected chi connectivity index (χ1v) is 17.3. The number of aromatic nitrogens is 3. The van der Waals surface area contributed by atoms with E-state index in [0.29, 0.717) is 30.4 Å². The number of fused-ring (bicyclic) bond motifs is 2. The lowest BCUT2D eigenvalue weighted by molar-refractivity contribution is 0.0947. The van der Waals surface area contributed by atoms with E-state index in [-0.39, 0.29) is 29.4 Å². The molecule has 3 aromatic rings. The smallest absolute Gasteiger partial charge is 0.302 e. The number of hydrogen-bond donors (Lipinski definition) is 2. The zero-order valence-electron chi connectivity index (χ0n) is 26.1. The van der Waals surface area contributed by atoms with E-state index in [9.17, 15) is 18.3 Å². The van der Waals surface area contributed by atoms with Crippen LogP contribution < -0.4 is 4.72 Å². The normalized spacial score (nSPS) is 19.0. The van der Waals surface area contributed by atoms with E-state index in [1.165, 1.54) is 31.0 Å². The minimum Gasteiger partial charge on any atom is -0.389 e. The van der Waals surface area contributed by atoms with E-state index in [1.54, 1.807) is 12.3 Å². The van der Waals surface area contributed by atoms with Crippen molar-refractivity contribution in [2.45, 2.75) is 77.2 Å². The zero-order valence-corrected chi connectivity index (χ0v) is 27.7. The van der Waals surface area contributed by atoms with Crippen LogP contribution in [-0.4, -0.2) is 83.3 Å². The number of likely N-dealkylation sites (N-methyl/N-ethyl adjacent to an activating group) is 1. The van der Waals surface area contributed by atoms with Crippen molar-refractivity contribution in [3.63, 3.8) is 0 Å². The van der Waals surface area contributed by atoms with Gasteiger partial charge in [-0.25, -0.2) is 15.0 Å². The number of carbonyl (C=O) groups is 1. The van der Waals surface area contributed by atoms with Gasteiger partial charge in [-0.3, -0.25) is 9.52 Å². The fourth-order valence-corrected chi connectivity index (χ4v) is 7.22. The maximum Gasteiger partial charge on any atom is 0.302 e. The molecule has 2 aliphatic carbocycles. The molecule has 1 fully saturated rings. The van der Waals surface area contributed by atoms with E-state index >= 15 is 0 Å². The molecule has 0 saturated heterocycles. The molecule has 5 rings (SSSR count). The summed E-state index contributed by atoms with van der Waals surface area (Å²) in [5.74, 6) is 0.609. The van der Waals surface area contributed by atoms with Crippen molar-refractivity contribution in [1.82, 2.24) is 24.2 Å². The molecule has 10 nitrogen and oxygen atoms in total. The van der Waals surface area contributed by atoms with Crippen LogP contribution in [0.15, 0.2) is 24.4 Å². The fourth-order valence-electron chi connectivity index (χ4n) is 5.76. The lowest BCUT2D eigenvalue weighted by Gasteiger charge is -2.34. The first kappa shape index (κ1) is 31.9. The van der Waals surface area contributed by atoms with Gasteiger partial charge in [-0.05, 0) is 92.6 Å². The van der Waals surface area contributed by atoms with Crippen molar-refractivity contribution in [1.29, 1.82) is 0 Å². The van der Waals surface area contributed by atoms with E-state index in [1.807, 2.05) is 13.1 Å². The van der Waals surface area contributed by atoms with Crippen molar-refractivity contribution in [3.05, 3.63) is 46.2 Å². The summed E-state index contributed by atoms with van der Waals surface area (Å²) in [7, 11) is 1.20. The predicted molar refractivity (Wildman–Crippen MR) is 171 cm³/mol. The minimum absolute atomic E-state index is 0.0422. The number of rotatable bonds is 12. The monoisotopic (exact) mass is 628 g/mol. The number of pyridine rings is 2. The molecular weight excluding hydrogens is 585 g/mol. The van der Waals surface area contributed by atoms with Crippen molar-refractivity contribution in [2.24, 2.45) is 11.3 Å². The van der Waals surface area contributed by atoms with E-state index < -0.39 is 15.8 Å². The average Bonchev–Trinajstić information content (AvgIpc) is 3.50. The summed E-state index contributed by atoms with van der Waals surface area (Å²) >= 11 is 1.36. The Morgan fingerprint density at radius 2 is 1.95 bits per heavy atom. The minimum atomic E-state index is -3.68. The molecule has 3 heterocycles. The number of anilines is 1. The number of ketones is 1. The van der Waals surface area contributed by atoms with Crippen molar-refractivity contribution in [2.75, 3.05) is 39.0 Å². The Morgan fingerprint density at radius 1 is 1.21 bits per heavy atom. The van der Waals surface area contributed by atoms with E-state index in [2.05, 4.69) is 41.4 Å². The molecule has 0 bridgehead atoms. The topological polar surface area (TPSA) is 129 Å². The molecule has 234 valence electrons. The van der Waals surface area contributed by atoms with Crippen LogP contribution in [0.25, 0.3) is 10.3 Å². The first-order chi connectivity index (χ1) is 20.1. The second-order valence-electron chi connectivity index (χ2n) is 13.7. The predicted octanol–water partition coefficient (Wildman–Crippen LogP) is 4.66. The molecular formula is C31H44N6O4S2. The third kappa shape index (κ3) is 7.78. The first-order valence-electron chi connectivity index (χ1n) is 15.0. The third-order valence-corrected chi connectivity index (χ3v) is 11.3. The highest BCUT2D eigenvalue weighted by Crippen LogP contribution is 2.39. The van der Waals surface area contributed by atoms with Gasteiger partial charge in [0.1, 0.15) is 16.2 Å². The molecule has 2 atom stereocenters. The highest BCUT2D eigenvalue weighted by molar-refractivity contribution is 7.90. The fraction of sp³-hybridized carbons (Fsp3) is 0.613. The summed E-state index contributed by atoms with van der Waals surface area (Å²) < 4.78 is 28.0. The number of nitrogens with one attached hydrogen (secondary N) is 1. The Hall–Kier alpha value is -2.51. The highest BCUT2D eigenvalue weighted by atomic mass is 32.2. The van der Waals surface area contributed by atoms with Crippen LogP contribution in [0, 0.1) is 11.3 Å². The van der Waals surface area contributed by atoms with E-state index in [0.717, 1.165) is 58.0 Å². The molecule has 12 heteroatoms. The molecule has 0 aliphatic heterocycles. The molecule has 2 aliphatic rings. The van der Waals surface area contributed by atoms with Crippen LogP contribution in [0.4, 0.5) is 5.82 Å². The van der Waals surface area contributed by atoms with Crippen molar-refractivity contribution in [3.8, 4) is 0 Å². The summed E-state index contributed by atoms with van der Waals surface area (Å²) in [6.45, 7) is 8.17. The lowest BCUT2D eigenvalue weighted by Crippen LogP contribution is -2.32. The van der Waals surface area contributed by atoms with Gasteiger partial charge in [-0.2, -0.15) is 12.7 Å². The van der Waals surface area contributed by atoms with Gasteiger partial charge >= 0.3 is 10.2 Å². The van der Waals surface area contributed by atoms with Gasteiger partial charge in [0.05, 0.1) is 5.60 Å². The molecule has 0 radical (unpaired) electrons. The van der Waals surface area contributed by atoms with Gasteiger partial charge in [0, 0.05) is 39.0 Å². The quantitative estimate of drug-likeness (QED) is 0.277. The molecule has 2 N–H and O–H groups in total. The van der Waals surface area contributed by atoms with Crippen molar-refractivity contribution >= 4 is 43.5 Å². The van der Waals surface area contributed by atoms with Crippen LogP contribution in [-0.2, 0) is 23.1 Å². The SMILES string of the molecule is CN(CC[C@@H](CC(=O)c1nc2cc3c(nc2s1)CC[C@H](C(C)(C)C)C3)c1ccc(NS(=O)(=O)N(C)C)nc1)CC1(O)CC1. The lowest BCUT2D eigenvalue weighted by atomic mass is 9.71. The van der Waals surface area contributed by atoms with E-state index in [4.69, 9.17) is 9.97 Å². The van der Waals surface area contributed by atoms with Crippen LogP contribution in [0.1, 0.15) is 85.4 Å². The van der Waals surface area contributed by atoms with Gasteiger partial charge in [0.2, 0.25) is 0 Å². The molecule has 0 aromatic carbocycles. The summed E-state index contributed by atoms with van der Waals surface area (Å²) in [5, 5.41) is 10.8. The highest BCUT2D eigenvalue weighted by Gasteiger charge is 2.41. The van der Waals surface area contributed by atoms with Crippen LogP contribution >= 0.6 is 11.3 Å². The number of aryl methyl sites for hydroxylation is 1. The van der Waals surface area contributed by atoms with Gasteiger partial charge in [0.25, 0.3) is 0 Å². The van der Waals surface area contributed by atoms with Crippen LogP contribution in [0.3, 0.4) is 0 Å². The largest absolute Gasteiger partial charge is 0.389 e. The maximum absolute atomic E-state index is 13.7. The summed E-state index contributed by atoms with van der Waals surface area (Å²) in [5.41, 5.74) is 3.66. The third-order valence-electron chi connectivity index (χ3n) is 8.87. The summed E-state index contributed by atoms with van der Waals surface area (Å²) in [4.78, 5) is 30.6. The molecule has 0 amide bonds. The molecule has 0 unspecified atom stereocenters. The zero-order chi connectivity index (χ0) is 31.2. The van der Waals surface area contributed by atoms with Crippen LogP contribution in [0.5, 0.6) is 0 Å². The Kier molecular flexibility index (Phi) is 8.99. The van der Waals surface area contributed by atoms with Gasteiger partial charge in [0.15, 0.2) is 10.8 Å². The van der Waals surface area contributed by atoms with Gasteiger partial charge < -0.3 is 10.0 Å². The molecule has 3 aromatic heterocycles. The van der Waals surface area contributed by atoms with Gasteiger partial charge in [-0.15, -0.1) is 0 Å². The number of hydrogen-bond acceptors (Lipinski definition) is 9. The molecule has 1 saturated carbocycles. The number of nitrogens with zero attached hydrogens (tertiary/aromatic N) is 5.